The topological polar surface area (TPSA) is 90.9 Å². The van der Waals surface area contributed by atoms with Crippen LogP contribution >= 0.6 is 0 Å². The van der Waals surface area contributed by atoms with Gasteiger partial charge in [-0.05, 0) is 12.3 Å². The maximum absolute atomic E-state index is 10.6. The molecule has 6 nitrogen and oxygen atoms in total. The molecule has 84 valence electrons. The molecule has 0 aliphatic heterocycles. The van der Waals surface area contributed by atoms with Gasteiger partial charge < -0.3 is 10.4 Å². The van der Waals surface area contributed by atoms with Crippen LogP contribution in [-0.2, 0) is 6.42 Å². The van der Waals surface area contributed by atoms with Gasteiger partial charge in [-0.2, -0.15) is 5.10 Å². The molecule has 0 aliphatic rings. The van der Waals surface area contributed by atoms with Crippen LogP contribution in [0, 0.1) is 5.92 Å². The second kappa shape index (κ2) is 5.33. The van der Waals surface area contributed by atoms with Crippen molar-refractivity contribution < 1.29 is 9.90 Å². The van der Waals surface area contributed by atoms with E-state index in [0.29, 0.717) is 18.2 Å². The molecule has 0 aliphatic carbocycles. The minimum absolute atomic E-state index is 0.115. The molecular formula is C9H16N4O2. The van der Waals surface area contributed by atoms with Crippen molar-refractivity contribution in [2.45, 2.75) is 32.7 Å². The molecular weight excluding hydrogens is 196 g/mol. The lowest BCUT2D eigenvalue weighted by molar-refractivity contribution is 0.187. The summed E-state index contributed by atoms with van der Waals surface area (Å²) < 4.78 is 0. The number of hydrogen-bond donors (Lipinski definition) is 3. The van der Waals surface area contributed by atoms with E-state index in [4.69, 9.17) is 5.11 Å². The van der Waals surface area contributed by atoms with E-state index >= 15 is 0 Å². The molecule has 0 bridgehead atoms. The first-order valence-corrected chi connectivity index (χ1v) is 4.91. The van der Waals surface area contributed by atoms with Crippen LogP contribution in [-0.4, -0.2) is 32.4 Å². The van der Waals surface area contributed by atoms with E-state index in [1.165, 1.54) is 6.33 Å². The number of aromatic amines is 1. The maximum Gasteiger partial charge on any atom is 0.404 e. The molecule has 0 radical (unpaired) electrons. The van der Waals surface area contributed by atoms with Crippen molar-refractivity contribution >= 4 is 6.09 Å². The van der Waals surface area contributed by atoms with Crippen molar-refractivity contribution in [2.24, 2.45) is 5.92 Å². The Kier molecular flexibility index (Phi) is 4.08. The Morgan fingerprint density at radius 2 is 2.40 bits per heavy atom. The fourth-order valence-electron chi connectivity index (χ4n) is 1.50. The first-order chi connectivity index (χ1) is 7.08. The minimum Gasteiger partial charge on any atom is -0.465 e. The van der Waals surface area contributed by atoms with Crippen molar-refractivity contribution in [1.29, 1.82) is 0 Å². The third-order valence-corrected chi connectivity index (χ3v) is 1.99. The number of H-pyrrole nitrogens is 1. The summed E-state index contributed by atoms with van der Waals surface area (Å²) in [7, 11) is 0. The molecule has 0 spiro atoms. The normalized spacial score (nSPS) is 12.7. The third-order valence-electron chi connectivity index (χ3n) is 1.99. The summed E-state index contributed by atoms with van der Waals surface area (Å²) in [6, 6.07) is -0.115. The van der Waals surface area contributed by atoms with E-state index in [9.17, 15) is 4.79 Å². The largest absolute Gasteiger partial charge is 0.465 e. The summed E-state index contributed by atoms with van der Waals surface area (Å²) in [6.45, 7) is 4.10. The van der Waals surface area contributed by atoms with Gasteiger partial charge in [0.15, 0.2) is 0 Å². The zero-order valence-corrected chi connectivity index (χ0v) is 8.90. The average Bonchev–Trinajstić information content (AvgIpc) is 2.53. The highest BCUT2D eigenvalue weighted by atomic mass is 16.4. The number of nitrogens with zero attached hydrogens (tertiary/aromatic N) is 2. The van der Waals surface area contributed by atoms with Crippen molar-refractivity contribution in [3.8, 4) is 0 Å². The van der Waals surface area contributed by atoms with Crippen molar-refractivity contribution in [2.75, 3.05) is 0 Å². The van der Waals surface area contributed by atoms with Gasteiger partial charge in [-0.3, -0.25) is 5.10 Å². The highest BCUT2D eigenvalue weighted by Crippen LogP contribution is 2.08. The number of rotatable bonds is 5. The Balaban J connectivity index is 2.52. The predicted molar refractivity (Wildman–Crippen MR) is 54.5 cm³/mol. The molecule has 1 aromatic heterocycles. The maximum atomic E-state index is 10.6. The van der Waals surface area contributed by atoms with Crippen LogP contribution < -0.4 is 5.32 Å². The number of carboxylic acid groups (broad SMARTS) is 1. The summed E-state index contributed by atoms with van der Waals surface area (Å²) >= 11 is 0. The lowest BCUT2D eigenvalue weighted by Gasteiger charge is -2.17. The van der Waals surface area contributed by atoms with Gasteiger partial charge in [-0.1, -0.05) is 13.8 Å². The zero-order chi connectivity index (χ0) is 11.3. The van der Waals surface area contributed by atoms with Gasteiger partial charge in [0.05, 0.1) is 0 Å². The van der Waals surface area contributed by atoms with E-state index in [0.717, 1.165) is 6.42 Å². The van der Waals surface area contributed by atoms with Crippen LogP contribution in [0.2, 0.25) is 0 Å². The lowest BCUT2D eigenvalue weighted by atomic mass is 10.0. The van der Waals surface area contributed by atoms with E-state index < -0.39 is 6.09 Å². The second-order valence-electron chi connectivity index (χ2n) is 3.91. The summed E-state index contributed by atoms with van der Waals surface area (Å²) in [5.41, 5.74) is 0. The molecule has 1 aromatic rings. The molecule has 0 saturated carbocycles. The van der Waals surface area contributed by atoms with E-state index in [-0.39, 0.29) is 6.04 Å². The van der Waals surface area contributed by atoms with Crippen LogP contribution in [0.4, 0.5) is 4.79 Å². The van der Waals surface area contributed by atoms with Gasteiger partial charge in [-0.15, -0.1) is 0 Å². The quantitative estimate of drug-likeness (QED) is 0.679. The fraction of sp³-hybridized carbons (Fsp3) is 0.667. The summed E-state index contributed by atoms with van der Waals surface area (Å²) in [6.07, 6.45) is 1.75. The first-order valence-electron chi connectivity index (χ1n) is 4.91. The molecule has 6 heteroatoms. The lowest BCUT2D eigenvalue weighted by Crippen LogP contribution is -2.36. The molecule has 1 amide bonds. The molecule has 0 unspecified atom stereocenters. The van der Waals surface area contributed by atoms with Gasteiger partial charge in [0.1, 0.15) is 12.2 Å². The Morgan fingerprint density at radius 3 is 2.87 bits per heavy atom. The molecule has 1 heterocycles. The van der Waals surface area contributed by atoms with Crippen molar-refractivity contribution in [3.05, 3.63) is 12.2 Å². The smallest absolute Gasteiger partial charge is 0.404 e. The monoisotopic (exact) mass is 212 g/mol. The third kappa shape index (κ3) is 4.44. The van der Waals surface area contributed by atoms with Gasteiger partial charge in [0.25, 0.3) is 0 Å². The van der Waals surface area contributed by atoms with Gasteiger partial charge >= 0.3 is 6.09 Å². The average molecular weight is 212 g/mol. The van der Waals surface area contributed by atoms with E-state index in [1.807, 2.05) is 0 Å². The molecule has 1 atom stereocenters. The SMILES string of the molecule is CC(C)C[C@@H](Cc1ncn[nH]1)NC(=O)O. The van der Waals surface area contributed by atoms with Crippen LogP contribution in [0.25, 0.3) is 0 Å². The molecule has 1 rings (SSSR count). The van der Waals surface area contributed by atoms with Crippen LogP contribution in [0.5, 0.6) is 0 Å². The van der Waals surface area contributed by atoms with Gasteiger partial charge in [0.2, 0.25) is 0 Å². The summed E-state index contributed by atoms with van der Waals surface area (Å²) in [5.74, 6) is 1.14. The number of nitrogens with one attached hydrogen (secondary N) is 2. The zero-order valence-electron chi connectivity index (χ0n) is 8.90. The Hall–Kier alpha value is -1.59. The molecule has 0 aromatic carbocycles. The molecule has 0 saturated heterocycles. The number of hydrogen-bond acceptors (Lipinski definition) is 3. The Labute approximate surface area is 88.1 Å². The minimum atomic E-state index is -1.000. The fourth-order valence-corrected chi connectivity index (χ4v) is 1.50. The predicted octanol–water partition coefficient (Wildman–Crippen LogP) is 1.03. The standard InChI is InChI=1S/C9H16N4O2/c1-6(2)3-7(12-9(14)15)4-8-10-5-11-13-8/h5-7,12H,3-4H2,1-2H3,(H,14,15)(H,10,11,13)/t7-/m0/s1. The number of aromatic nitrogens is 3. The van der Waals surface area contributed by atoms with Crippen LogP contribution in [0.15, 0.2) is 6.33 Å². The highest BCUT2D eigenvalue weighted by Gasteiger charge is 2.15. The van der Waals surface area contributed by atoms with Crippen molar-refractivity contribution in [3.63, 3.8) is 0 Å². The molecule has 3 N–H and O–H groups in total. The Bertz CT molecular complexity index is 297. The van der Waals surface area contributed by atoms with Crippen molar-refractivity contribution in [1.82, 2.24) is 20.5 Å². The highest BCUT2D eigenvalue weighted by molar-refractivity contribution is 5.64. The Morgan fingerprint density at radius 1 is 1.67 bits per heavy atom. The molecule has 0 fully saturated rings. The van der Waals surface area contributed by atoms with Crippen LogP contribution in [0.3, 0.4) is 0 Å². The van der Waals surface area contributed by atoms with Crippen LogP contribution in [0.1, 0.15) is 26.1 Å². The second-order valence-corrected chi connectivity index (χ2v) is 3.91. The van der Waals surface area contributed by atoms with E-state index in [1.54, 1.807) is 0 Å². The summed E-state index contributed by atoms with van der Waals surface area (Å²) in [5, 5.41) is 17.6. The van der Waals surface area contributed by atoms with Gasteiger partial charge in [0, 0.05) is 12.5 Å². The van der Waals surface area contributed by atoms with E-state index in [2.05, 4.69) is 34.3 Å². The molecule has 15 heavy (non-hydrogen) atoms. The summed E-state index contributed by atoms with van der Waals surface area (Å²) in [4.78, 5) is 14.5. The number of amides is 1. The number of carbonyl (C=O) groups is 1. The van der Waals surface area contributed by atoms with Gasteiger partial charge in [-0.25, -0.2) is 9.78 Å². The first kappa shape index (κ1) is 11.5.